The van der Waals surface area contributed by atoms with Gasteiger partial charge in [-0.15, -0.1) is 0 Å². The summed E-state index contributed by atoms with van der Waals surface area (Å²) in [5.74, 6) is 0. The van der Waals surface area contributed by atoms with Crippen molar-refractivity contribution in [2.24, 2.45) is 0 Å². The molecule has 0 aliphatic heterocycles. The van der Waals surface area contributed by atoms with E-state index in [1.165, 1.54) is 6.20 Å². The molecule has 1 aromatic rings. The van der Waals surface area contributed by atoms with Crippen LogP contribution < -0.4 is 5.32 Å². The number of hydrogen-bond donors (Lipinski definition) is 5. The third-order valence-corrected chi connectivity index (χ3v) is 5.75. The van der Waals surface area contributed by atoms with Crippen LogP contribution in [0.1, 0.15) is 0 Å². The van der Waals surface area contributed by atoms with Crippen LogP contribution in [-0.4, -0.2) is 30.1 Å². The van der Waals surface area contributed by atoms with Crippen LogP contribution in [-0.2, 0) is 9.13 Å². The van der Waals surface area contributed by atoms with Crippen LogP contribution >= 0.6 is 38.1 Å². The first-order chi connectivity index (χ1) is 7.10. The first-order valence-corrected chi connectivity index (χ1v) is 8.15. The Balaban J connectivity index is 2.97. The lowest BCUT2D eigenvalue weighted by atomic mass is 11.0. The molecule has 0 radical (unpaired) electrons. The first kappa shape index (κ1) is 14.1. The quantitative estimate of drug-likeness (QED) is 0.516. The Morgan fingerprint density at radius 1 is 1.31 bits per heavy atom. The summed E-state index contributed by atoms with van der Waals surface area (Å²) in [5, 5.41) is 1.89. The van der Waals surface area contributed by atoms with E-state index in [9.17, 15) is 9.13 Å². The summed E-state index contributed by atoms with van der Waals surface area (Å²) in [4.78, 5) is 38.7. The Hall–Kier alpha value is 0.0200. The SMILES string of the molecule is O=P(O)(O)C(Nc1ncc(Cl)s1)P(=O)(O)O. The number of halogens is 1. The van der Waals surface area contributed by atoms with Gasteiger partial charge >= 0.3 is 15.2 Å². The van der Waals surface area contributed by atoms with E-state index >= 15 is 0 Å². The van der Waals surface area contributed by atoms with E-state index in [2.05, 4.69) is 4.98 Å². The minimum absolute atomic E-state index is 0.0818. The third kappa shape index (κ3) is 3.80. The topological polar surface area (TPSA) is 140 Å². The molecule has 0 aromatic carbocycles. The summed E-state index contributed by atoms with van der Waals surface area (Å²) in [6.07, 6.45) is 1.19. The first-order valence-electron chi connectivity index (χ1n) is 3.59. The summed E-state index contributed by atoms with van der Waals surface area (Å²) in [6.45, 7) is 0. The minimum Gasteiger partial charge on any atom is -0.338 e. The molecule has 92 valence electrons. The molecule has 0 bridgehead atoms. The zero-order valence-corrected chi connectivity index (χ0v) is 10.7. The van der Waals surface area contributed by atoms with Crippen LogP contribution in [0.4, 0.5) is 5.13 Å². The number of nitrogens with zero attached hydrogens (tertiary/aromatic N) is 1. The minimum atomic E-state index is -5.00. The lowest BCUT2D eigenvalue weighted by molar-refractivity contribution is 0.343. The van der Waals surface area contributed by atoms with Gasteiger partial charge < -0.3 is 24.9 Å². The Morgan fingerprint density at radius 3 is 2.12 bits per heavy atom. The lowest BCUT2D eigenvalue weighted by Crippen LogP contribution is -2.19. The molecule has 1 heterocycles. The predicted molar refractivity (Wildman–Crippen MR) is 58.6 cm³/mol. The van der Waals surface area contributed by atoms with Crippen LogP contribution in [0, 0.1) is 0 Å². The van der Waals surface area contributed by atoms with E-state index in [1.807, 2.05) is 5.32 Å². The Kier molecular flexibility index (Phi) is 4.15. The smallest absolute Gasteiger partial charge is 0.338 e. The van der Waals surface area contributed by atoms with Gasteiger partial charge in [-0.3, -0.25) is 9.13 Å². The number of aromatic nitrogens is 1. The molecule has 0 spiro atoms. The van der Waals surface area contributed by atoms with Crippen molar-refractivity contribution >= 4 is 43.3 Å². The molecule has 12 heteroatoms. The van der Waals surface area contributed by atoms with Crippen LogP contribution in [0.5, 0.6) is 0 Å². The van der Waals surface area contributed by atoms with Crippen LogP contribution in [0.15, 0.2) is 6.20 Å². The van der Waals surface area contributed by atoms with Crippen LogP contribution in [0.25, 0.3) is 0 Å². The zero-order chi connectivity index (χ0) is 12.6. The summed E-state index contributed by atoms with van der Waals surface area (Å²) >= 11 is 6.31. The van der Waals surface area contributed by atoms with Gasteiger partial charge in [0.25, 0.3) is 0 Å². The summed E-state index contributed by atoms with van der Waals surface area (Å²) in [6, 6.07) is 0. The highest BCUT2D eigenvalue weighted by atomic mass is 35.5. The molecule has 0 amide bonds. The second-order valence-electron chi connectivity index (χ2n) is 2.67. The van der Waals surface area contributed by atoms with Crippen molar-refractivity contribution in [2.45, 2.75) is 5.52 Å². The van der Waals surface area contributed by atoms with E-state index in [4.69, 9.17) is 31.2 Å². The molecule has 0 unspecified atom stereocenters. The molecule has 0 saturated carbocycles. The highest BCUT2D eigenvalue weighted by Gasteiger charge is 2.44. The molecule has 0 saturated heterocycles. The maximum absolute atomic E-state index is 10.9. The highest BCUT2D eigenvalue weighted by molar-refractivity contribution is 7.71. The zero-order valence-electron chi connectivity index (χ0n) is 7.39. The fraction of sp³-hybridized carbons (Fsp3) is 0.250. The second-order valence-corrected chi connectivity index (χ2v) is 8.12. The maximum Gasteiger partial charge on any atom is 0.360 e. The molecule has 0 aliphatic carbocycles. The molecular weight excluding hydrogens is 302 g/mol. The van der Waals surface area contributed by atoms with Crippen molar-refractivity contribution in [3.05, 3.63) is 10.5 Å². The Morgan fingerprint density at radius 2 is 1.81 bits per heavy atom. The average Bonchev–Trinajstić information content (AvgIpc) is 2.43. The molecule has 1 rings (SSSR count). The van der Waals surface area contributed by atoms with Crippen molar-refractivity contribution in [1.82, 2.24) is 4.98 Å². The van der Waals surface area contributed by atoms with Gasteiger partial charge in [0.1, 0.15) is 4.34 Å². The van der Waals surface area contributed by atoms with Crippen molar-refractivity contribution in [2.75, 3.05) is 5.32 Å². The van der Waals surface area contributed by atoms with E-state index in [0.29, 0.717) is 0 Å². The monoisotopic (exact) mass is 308 g/mol. The van der Waals surface area contributed by atoms with Gasteiger partial charge in [0.15, 0.2) is 5.13 Å². The second kappa shape index (κ2) is 4.72. The molecular formula is C4H7ClN2O6P2S. The molecule has 5 N–H and O–H groups in total. The number of anilines is 1. The van der Waals surface area contributed by atoms with Gasteiger partial charge in [-0.05, 0) is 0 Å². The molecule has 1 aromatic heterocycles. The van der Waals surface area contributed by atoms with Crippen LogP contribution in [0.3, 0.4) is 0 Å². The van der Waals surface area contributed by atoms with E-state index < -0.39 is 20.7 Å². The third-order valence-electron chi connectivity index (χ3n) is 1.37. The highest BCUT2D eigenvalue weighted by Crippen LogP contribution is 2.59. The van der Waals surface area contributed by atoms with Crippen molar-refractivity contribution in [3.63, 3.8) is 0 Å². The largest absolute Gasteiger partial charge is 0.360 e. The van der Waals surface area contributed by atoms with Crippen molar-refractivity contribution < 1.29 is 28.7 Å². The molecule has 8 nitrogen and oxygen atoms in total. The van der Waals surface area contributed by atoms with E-state index in [1.54, 1.807) is 0 Å². The fourth-order valence-corrected chi connectivity index (χ4v) is 3.96. The number of nitrogens with one attached hydrogen (secondary N) is 1. The van der Waals surface area contributed by atoms with Gasteiger partial charge in [0.2, 0.25) is 5.52 Å². The number of hydrogen-bond acceptors (Lipinski definition) is 5. The Labute approximate surface area is 98.6 Å². The molecule has 0 aliphatic rings. The number of thiazole rings is 1. The van der Waals surface area contributed by atoms with Gasteiger partial charge in [0.05, 0.1) is 6.20 Å². The lowest BCUT2D eigenvalue weighted by Gasteiger charge is -2.19. The summed E-state index contributed by atoms with van der Waals surface area (Å²) < 4.78 is 22.0. The normalized spacial score (nSPS) is 13.1. The maximum atomic E-state index is 10.9. The van der Waals surface area contributed by atoms with E-state index in [0.717, 1.165) is 11.3 Å². The van der Waals surface area contributed by atoms with Gasteiger partial charge in [-0.1, -0.05) is 22.9 Å². The van der Waals surface area contributed by atoms with Gasteiger partial charge in [0, 0.05) is 0 Å². The standard InChI is InChI=1S/C4H7ClN2O6P2S/c5-2-1-6-3(16-2)7-4(14(8,9)10)15(11,12)13/h1,4H,(H,6,7)(H2,8,9,10)(H2,11,12,13). The van der Waals surface area contributed by atoms with Crippen LogP contribution in [0.2, 0.25) is 4.34 Å². The summed E-state index contributed by atoms with van der Waals surface area (Å²) in [7, 11) is -10.0. The van der Waals surface area contributed by atoms with Crippen molar-refractivity contribution in [1.29, 1.82) is 0 Å². The predicted octanol–water partition coefficient (Wildman–Crippen LogP) is 0.847. The van der Waals surface area contributed by atoms with Gasteiger partial charge in [-0.2, -0.15) is 0 Å². The molecule has 0 fully saturated rings. The molecule has 0 atom stereocenters. The number of rotatable bonds is 4. The van der Waals surface area contributed by atoms with Crippen molar-refractivity contribution in [3.8, 4) is 0 Å². The van der Waals surface area contributed by atoms with E-state index in [-0.39, 0.29) is 9.47 Å². The van der Waals surface area contributed by atoms with Gasteiger partial charge in [-0.25, -0.2) is 4.98 Å². The Bertz CT molecular complexity index is 445. The fourth-order valence-electron chi connectivity index (χ4n) is 0.796. The summed E-state index contributed by atoms with van der Waals surface area (Å²) in [5.41, 5.74) is -2.32. The average molecular weight is 309 g/mol. The molecule has 16 heavy (non-hydrogen) atoms.